The molecule has 0 aliphatic rings. The minimum absolute atomic E-state index is 0.503. The number of carbonyl (C=O) groups is 1. The number of nitrogens with one attached hydrogen (secondary N) is 1. The van der Waals surface area contributed by atoms with Crippen molar-refractivity contribution in [1.29, 1.82) is 0 Å². The molecule has 1 aromatic rings. The van der Waals surface area contributed by atoms with Crippen LogP contribution < -0.4 is 11.1 Å². The first-order chi connectivity index (χ1) is 5.29. The summed E-state index contributed by atoms with van der Waals surface area (Å²) in [6.45, 7) is 0.517. The zero-order valence-corrected chi connectivity index (χ0v) is 6.04. The lowest BCUT2D eigenvalue weighted by Crippen LogP contribution is -2.30. The lowest BCUT2D eigenvalue weighted by Gasteiger charge is -1.97. The van der Waals surface area contributed by atoms with E-state index in [-0.39, 0.29) is 0 Å². The van der Waals surface area contributed by atoms with Crippen LogP contribution in [-0.4, -0.2) is 12.6 Å². The third-order valence-electron chi connectivity index (χ3n) is 1.25. The van der Waals surface area contributed by atoms with Gasteiger partial charge < -0.3 is 15.5 Å². The van der Waals surface area contributed by atoms with Crippen molar-refractivity contribution in [2.75, 3.05) is 6.54 Å². The van der Waals surface area contributed by atoms with E-state index in [9.17, 15) is 4.79 Å². The number of amides is 2. The van der Waals surface area contributed by atoms with Crippen LogP contribution in [0.3, 0.4) is 0 Å². The number of primary amides is 1. The largest absolute Gasteiger partial charge is 0.469 e. The Kier molecular flexibility index (Phi) is 2.54. The smallest absolute Gasteiger partial charge is 0.312 e. The predicted molar refractivity (Wildman–Crippen MR) is 40.0 cm³/mol. The van der Waals surface area contributed by atoms with Crippen LogP contribution in [0.5, 0.6) is 0 Å². The second-order valence-electron chi connectivity index (χ2n) is 2.12. The first kappa shape index (κ1) is 7.65. The van der Waals surface area contributed by atoms with E-state index in [1.807, 2.05) is 6.07 Å². The maximum absolute atomic E-state index is 10.2. The Bertz CT molecular complexity index is 218. The summed E-state index contributed by atoms with van der Waals surface area (Å²) in [5.74, 6) is 0.846. The highest BCUT2D eigenvalue weighted by Gasteiger charge is 1.95. The van der Waals surface area contributed by atoms with Gasteiger partial charge in [0.1, 0.15) is 5.76 Å². The molecule has 2 amide bonds. The molecule has 4 heteroatoms. The summed E-state index contributed by atoms with van der Waals surface area (Å²) in [6, 6.07) is 3.15. The van der Waals surface area contributed by atoms with E-state index < -0.39 is 6.03 Å². The van der Waals surface area contributed by atoms with Gasteiger partial charge in [-0.3, -0.25) is 0 Å². The number of nitrogens with two attached hydrogens (primary N) is 1. The van der Waals surface area contributed by atoms with E-state index >= 15 is 0 Å². The van der Waals surface area contributed by atoms with Crippen molar-refractivity contribution in [3.63, 3.8) is 0 Å². The highest BCUT2D eigenvalue weighted by molar-refractivity contribution is 5.71. The second kappa shape index (κ2) is 3.65. The van der Waals surface area contributed by atoms with Gasteiger partial charge in [0, 0.05) is 13.0 Å². The molecule has 4 nitrogen and oxygen atoms in total. The molecule has 0 aliphatic carbocycles. The molecule has 60 valence electrons. The van der Waals surface area contributed by atoms with E-state index in [1.54, 1.807) is 12.3 Å². The first-order valence-corrected chi connectivity index (χ1v) is 3.35. The predicted octanol–water partition coefficient (Wildman–Crippen LogP) is 0.490. The number of hydrogen-bond acceptors (Lipinski definition) is 2. The third kappa shape index (κ3) is 2.75. The lowest BCUT2D eigenvalue weighted by molar-refractivity contribution is 0.249. The van der Waals surface area contributed by atoms with Crippen molar-refractivity contribution in [2.45, 2.75) is 6.42 Å². The molecule has 0 atom stereocenters. The minimum Gasteiger partial charge on any atom is -0.469 e. The van der Waals surface area contributed by atoms with E-state index in [4.69, 9.17) is 10.2 Å². The molecule has 0 saturated carbocycles. The van der Waals surface area contributed by atoms with Gasteiger partial charge in [-0.05, 0) is 12.1 Å². The zero-order valence-electron chi connectivity index (χ0n) is 6.04. The fourth-order valence-electron chi connectivity index (χ4n) is 0.764. The summed E-state index contributed by atoms with van der Waals surface area (Å²) in [5.41, 5.74) is 4.85. The van der Waals surface area contributed by atoms with Crippen LogP contribution in [0.25, 0.3) is 0 Å². The van der Waals surface area contributed by atoms with Crippen LogP contribution in [0, 0.1) is 0 Å². The zero-order chi connectivity index (χ0) is 8.10. The Morgan fingerprint density at radius 1 is 1.73 bits per heavy atom. The topological polar surface area (TPSA) is 68.3 Å². The summed E-state index contributed by atoms with van der Waals surface area (Å²) < 4.78 is 5.02. The van der Waals surface area contributed by atoms with Crippen LogP contribution in [0.2, 0.25) is 0 Å². The molecule has 1 heterocycles. The van der Waals surface area contributed by atoms with E-state index in [2.05, 4.69) is 5.32 Å². The lowest BCUT2D eigenvalue weighted by atomic mass is 10.3. The average molecular weight is 154 g/mol. The Balaban J connectivity index is 2.19. The van der Waals surface area contributed by atoms with E-state index in [0.29, 0.717) is 13.0 Å². The molecule has 1 rings (SSSR count). The Labute approximate surface area is 64.4 Å². The summed E-state index contributed by atoms with van der Waals surface area (Å²) in [7, 11) is 0. The molecular formula is C7H10N2O2. The molecule has 0 spiro atoms. The van der Waals surface area contributed by atoms with Crippen molar-refractivity contribution in [1.82, 2.24) is 5.32 Å². The molecule has 0 bridgehead atoms. The summed E-state index contributed by atoms with van der Waals surface area (Å²) in [4.78, 5) is 10.2. The highest BCUT2D eigenvalue weighted by atomic mass is 16.3. The van der Waals surface area contributed by atoms with Crippen LogP contribution in [0.15, 0.2) is 22.8 Å². The number of rotatable bonds is 3. The maximum atomic E-state index is 10.2. The second-order valence-corrected chi connectivity index (χ2v) is 2.12. The van der Waals surface area contributed by atoms with Crippen molar-refractivity contribution in [3.05, 3.63) is 24.2 Å². The van der Waals surface area contributed by atoms with Crippen LogP contribution in [0.4, 0.5) is 4.79 Å². The Morgan fingerprint density at radius 2 is 2.55 bits per heavy atom. The van der Waals surface area contributed by atoms with Gasteiger partial charge in [0.15, 0.2) is 0 Å². The molecule has 0 saturated heterocycles. The monoisotopic (exact) mass is 154 g/mol. The molecule has 0 fully saturated rings. The Morgan fingerprint density at radius 3 is 3.09 bits per heavy atom. The molecule has 0 radical (unpaired) electrons. The molecule has 11 heavy (non-hydrogen) atoms. The highest BCUT2D eigenvalue weighted by Crippen LogP contribution is 1.98. The number of hydrogen-bond donors (Lipinski definition) is 2. The van der Waals surface area contributed by atoms with Gasteiger partial charge in [0.25, 0.3) is 0 Å². The molecule has 0 aliphatic heterocycles. The van der Waals surface area contributed by atoms with Crippen LogP contribution in [-0.2, 0) is 6.42 Å². The molecule has 3 N–H and O–H groups in total. The SMILES string of the molecule is NC(=O)NCCc1ccco1. The number of carbonyl (C=O) groups excluding carboxylic acids is 1. The van der Waals surface area contributed by atoms with Crippen molar-refractivity contribution in [2.24, 2.45) is 5.73 Å². The molecule has 0 unspecified atom stereocenters. The Hall–Kier alpha value is -1.45. The fourth-order valence-corrected chi connectivity index (χ4v) is 0.764. The number of furan rings is 1. The number of urea groups is 1. The standard InChI is InChI=1S/C7H10N2O2/c8-7(10)9-4-3-6-2-1-5-11-6/h1-2,5H,3-4H2,(H3,8,9,10). The minimum atomic E-state index is -0.503. The summed E-state index contributed by atoms with van der Waals surface area (Å²) in [5, 5.41) is 2.46. The van der Waals surface area contributed by atoms with Crippen molar-refractivity contribution in [3.8, 4) is 0 Å². The van der Waals surface area contributed by atoms with Crippen LogP contribution in [0.1, 0.15) is 5.76 Å². The fraction of sp³-hybridized carbons (Fsp3) is 0.286. The van der Waals surface area contributed by atoms with Gasteiger partial charge in [-0.2, -0.15) is 0 Å². The third-order valence-corrected chi connectivity index (χ3v) is 1.25. The summed E-state index contributed by atoms with van der Waals surface area (Å²) in [6.07, 6.45) is 2.27. The van der Waals surface area contributed by atoms with Gasteiger partial charge in [0.2, 0.25) is 0 Å². The van der Waals surface area contributed by atoms with Gasteiger partial charge in [-0.15, -0.1) is 0 Å². The first-order valence-electron chi connectivity index (χ1n) is 3.35. The van der Waals surface area contributed by atoms with Gasteiger partial charge >= 0.3 is 6.03 Å². The maximum Gasteiger partial charge on any atom is 0.312 e. The van der Waals surface area contributed by atoms with Gasteiger partial charge in [0.05, 0.1) is 6.26 Å². The molecule has 0 aromatic carbocycles. The van der Waals surface area contributed by atoms with E-state index in [1.165, 1.54) is 0 Å². The summed E-state index contributed by atoms with van der Waals surface area (Å²) >= 11 is 0. The van der Waals surface area contributed by atoms with Crippen LogP contribution >= 0.6 is 0 Å². The molecular weight excluding hydrogens is 144 g/mol. The normalized spacial score (nSPS) is 9.45. The van der Waals surface area contributed by atoms with Gasteiger partial charge in [-0.25, -0.2) is 4.79 Å². The average Bonchev–Trinajstić information content (AvgIpc) is 2.39. The quantitative estimate of drug-likeness (QED) is 0.665. The van der Waals surface area contributed by atoms with Crippen molar-refractivity contribution >= 4 is 6.03 Å². The van der Waals surface area contributed by atoms with Gasteiger partial charge in [-0.1, -0.05) is 0 Å². The van der Waals surface area contributed by atoms with E-state index in [0.717, 1.165) is 5.76 Å². The molecule has 1 aromatic heterocycles. The van der Waals surface area contributed by atoms with Crippen molar-refractivity contribution < 1.29 is 9.21 Å².